The maximum atomic E-state index is 8.12. The average molecular weight is 244 g/mol. The van der Waals surface area contributed by atoms with Crippen LogP contribution < -0.4 is 5.59 Å². The zero-order chi connectivity index (χ0) is 19.6. The van der Waals surface area contributed by atoms with Gasteiger partial charge in [-0.15, -0.1) is 0 Å². The van der Waals surface area contributed by atoms with Crippen molar-refractivity contribution in [3.8, 4) is 0 Å². The van der Waals surface area contributed by atoms with Crippen LogP contribution in [0, 0.1) is 0 Å². The molecule has 0 unspecified atom stereocenters. The summed E-state index contributed by atoms with van der Waals surface area (Å²) in [6.45, 7) is 0.827. The van der Waals surface area contributed by atoms with E-state index in [0.717, 1.165) is 0 Å². The summed E-state index contributed by atoms with van der Waals surface area (Å²) in [6, 6.07) is 0. The Kier molecular flexibility index (Phi) is 1.33. The molecule has 0 atom stereocenters. The largest absolute Gasteiger partial charge is 0.513 e. The van der Waals surface area contributed by atoms with E-state index in [0.29, 0.717) is 0 Å². The topological polar surface area (TPSA) is 47.1 Å². The molecule has 2 rings (SSSR count). The lowest BCUT2D eigenvalue weighted by molar-refractivity contribution is 0.00578. The van der Waals surface area contributed by atoms with Gasteiger partial charge in [-0.05, 0) is 27.7 Å². The molecule has 4 nitrogen and oxygen atoms in total. The molecule has 0 radical (unpaired) electrons. The Labute approximate surface area is 114 Å². The molecule has 1 aliphatic heterocycles. The molecule has 5 heteroatoms. The molecular formula is C12H21BN2O2. The second-order valence-corrected chi connectivity index (χ2v) is 5.07. The van der Waals surface area contributed by atoms with Crippen molar-refractivity contribution in [1.29, 1.82) is 0 Å². The molecule has 0 spiro atoms. The van der Waals surface area contributed by atoms with Gasteiger partial charge in [0, 0.05) is 21.7 Å². The van der Waals surface area contributed by atoms with Crippen LogP contribution in [0.2, 0.25) is 0 Å². The predicted octanol–water partition coefficient (Wildman–Crippen LogP) is 1.83. The highest BCUT2D eigenvalue weighted by molar-refractivity contribution is 6.61. The van der Waals surface area contributed by atoms with E-state index in [1.807, 2.05) is 0 Å². The average Bonchev–Trinajstić information content (AvgIpc) is 2.84. The molecule has 94 valence electrons. The fraction of sp³-hybridized carbons (Fsp3) is 0.750. The standard InChI is InChI=1S/C12H21BN2O2/c1-8(2)10-14-7-9(15-10)13-16-11(3,4)12(5,6)17-13/h7-8H,1-6H3,(H,14,15)/i1D3,2D3,7D,8D. The molecule has 0 amide bonds. The van der Waals surface area contributed by atoms with Crippen LogP contribution in [-0.4, -0.2) is 28.3 Å². The molecule has 1 N–H and O–H groups in total. The van der Waals surface area contributed by atoms with Crippen LogP contribution in [0.5, 0.6) is 0 Å². The maximum absolute atomic E-state index is 8.12. The molecule has 1 saturated heterocycles. The summed E-state index contributed by atoms with van der Waals surface area (Å²) < 4.78 is 72.6. The van der Waals surface area contributed by atoms with Crippen LogP contribution in [0.1, 0.15) is 64.1 Å². The summed E-state index contributed by atoms with van der Waals surface area (Å²) >= 11 is 0. The van der Waals surface area contributed by atoms with Crippen LogP contribution in [0.25, 0.3) is 0 Å². The first kappa shape index (κ1) is 5.89. The minimum atomic E-state index is -3.18. The van der Waals surface area contributed by atoms with Crippen LogP contribution >= 0.6 is 0 Å². The molecule has 1 fully saturated rings. The molecule has 1 aromatic heterocycles. The minimum absolute atomic E-state index is 0.0150. The Morgan fingerprint density at radius 2 is 2.00 bits per heavy atom. The fourth-order valence-electron chi connectivity index (χ4n) is 1.49. The first-order chi connectivity index (χ1) is 10.9. The van der Waals surface area contributed by atoms with E-state index >= 15 is 0 Å². The van der Waals surface area contributed by atoms with Gasteiger partial charge in [0.25, 0.3) is 0 Å². The fourth-order valence-corrected chi connectivity index (χ4v) is 1.49. The first-order valence-electron chi connectivity index (χ1n) is 9.37. The van der Waals surface area contributed by atoms with E-state index in [9.17, 15) is 0 Å². The van der Waals surface area contributed by atoms with Crippen LogP contribution in [-0.2, 0) is 9.31 Å². The molecule has 1 aliphatic rings. The highest BCUT2D eigenvalue weighted by atomic mass is 16.7. The Balaban J connectivity index is 2.51. The van der Waals surface area contributed by atoms with E-state index in [1.165, 1.54) is 0 Å². The van der Waals surface area contributed by atoms with Crippen LogP contribution in [0.4, 0.5) is 0 Å². The van der Waals surface area contributed by atoms with E-state index < -0.39 is 49.9 Å². The molecule has 1 aromatic rings. The smallest absolute Gasteiger partial charge is 0.398 e. The molecule has 0 aliphatic carbocycles. The Morgan fingerprint density at radius 1 is 1.41 bits per heavy atom. The van der Waals surface area contributed by atoms with Gasteiger partial charge in [-0.25, -0.2) is 4.98 Å². The normalized spacial score (nSPS) is 31.4. The molecular weight excluding hydrogens is 215 g/mol. The number of H-pyrrole nitrogens is 1. The second kappa shape index (κ2) is 3.85. The monoisotopic (exact) mass is 244 g/mol. The number of nitrogens with zero attached hydrogens (tertiary/aromatic N) is 1. The van der Waals surface area contributed by atoms with Crippen molar-refractivity contribution in [1.82, 2.24) is 9.97 Å². The number of nitrogens with one attached hydrogen (secondary N) is 1. The van der Waals surface area contributed by atoms with Gasteiger partial charge in [0.2, 0.25) is 0 Å². The van der Waals surface area contributed by atoms with Crippen molar-refractivity contribution in [2.75, 3.05) is 0 Å². The summed E-state index contributed by atoms with van der Waals surface area (Å²) in [7, 11) is -1.05. The summed E-state index contributed by atoms with van der Waals surface area (Å²) in [4.78, 5) is 6.20. The quantitative estimate of drug-likeness (QED) is 0.807. The highest BCUT2D eigenvalue weighted by Gasteiger charge is 2.52. The third-order valence-corrected chi connectivity index (χ3v) is 3.27. The van der Waals surface area contributed by atoms with Crippen LogP contribution in [0.15, 0.2) is 6.17 Å². The third-order valence-electron chi connectivity index (χ3n) is 3.27. The van der Waals surface area contributed by atoms with Crippen molar-refractivity contribution in [2.45, 2.75) is 58.5 Å². The van der Waals surface area contributed by atoms with E-state index in [-0.39, 0.29) is 5.59 Å². The minimum Gasteiger partial charge on any atom is -0.398 e. The van der Waals surface area contributed by atoms with Gasteiger partial charge in [0.15, 0.2) is 0 Å². The van der Waals surface area contributed by atoms with Crippen molar-refractivity contribution in [3.63, 3.8) is 0 Å². The molecule has 0 aromatic carbocycles. The molecule has 2 heterocycles. The molecule has 17 heavy (non-hydrogen) atoms. The Bertz CT molecular complexity index is 637. The zero-order valence-electron chi connectivity index (χ0n) is 18.3. The predicted molar refractivity (Wildman–Crippen MR) is 68.4 cm³/mol. The van der Waals surface area contributed by atoms with Gasteiger partial charge in [0.05, 0.1) is 18.2 Å². The number of rotatable bonds is 2. The first-order valence-corrected chi connectivity index (χ1v) is 5.37. The number of aromatic amines is 1. The maximum Gasteiger partial charge on any atom is 0.513 e. The van der Waals surface area contributed by atoms with Gasteiger partial charge >= 0.3 is 7.12 Å². The van der Waals surface area contributed by atoms with Gasteiger partial charge < -0.3 is 14.3 Å². The number of imidazole rings is 1. The van der Waals surface area contributed by atoms with Gasteiger partial charge in [-0.1, -0.05) is 13.7 Å². The zero-order valence-corrected chi connectivity index (χ0v) is 10.3. The lowest BCUT2D eigenvalue weighted by Crippen LogP contribution is -2.41. The van der Waals surface area contributed by atoms with E-state index in [1.54, 1.807) is 27.7 Å². The number of hydrogen-bond donors (Lipinski definition) is 1. The summed E-state index contributed by atoms with van der Waals surface area (Å²) in [6.07, 6.45) is -0.418. The SMILES string of the molecule is [2H]c1nc(C([2H])(C([2H])([2H])[2H])C([2H])([2H])[2H])[nH]c1B1OC(C)(C)C(C)(C)O1. The Morgan fingerprint density at radius 3 is 2.53 bits per heavy atom. The van der Waals surface area contributed by atoms with Gasteiger partial charge in [-0.2, -0.15) is 0 Å². The van der Waals surface area contributed by atoms with E-state index in [2.05, 4.69) is 9.97 Å². The summed E-state index contributed by atoms with van der Waals surface area (Å²) in [5, 5.41) is 0. The van der Waals surface area contributed by atoms with Crippen LogP contribution in [0.3, 0.4) is 0 Å². The lowest BCUT2D eigenvalue weighted by atomic mass is 9.86. The van der Waals surface area contributed by atoms with Crippen molar-refractivity contribution >= 4 is 12.7 Å². The Hall–Kier alpha value is -0.805. The number of hydrogen-bond acceptors (Lipinski definition) is 3. The van der Waals surface area contributed by atoms with Crippen molar-refractivity contribution in [2.24, 2.45) is 0 Å². The lowest BCUT2D eigenvalue weighted by Gasteiger charge is -2.32. The highest BCUT2D eigenvalue weighted by Crippen LogP contribution is 2.36. The van der Waals surface area contributed by atoms with Crippen molar-refractivity contribution < 1.29 is 20.3 Å². The number of aromatic nitrogens is 2. The summed E-state index contributed by atoms with van der Waals surface area (Å²) in [5.41, 5.74) is -1.43. The van der Waals surface area contributed by atoms with Gasteiger partial charge in [0.1, 0.15) is 5.82 Å². The molecule has 0 bridgehead atoms. The van der Waals surface area contributed by atoms with Crippen molar-refractivity contribution in [3.05, 3.63) is 12.0 Å². The second-order valence-electron chi connectivity index (χ2n) is 5.07. The van der Waals surface area contributed by atoms with Gasteiger partial charge in [-0.3, -0.25) is 0 Å². The molecule has 0 saturated carbocycles. The third kappa shape index (κ3) is 2.14. The van der Waals surface area contributed by atoms with E-state index in [4.69, 9.17) is 20.3 Å². The summed E-state index contributed by atoms with van der Waals surface area (Å²) in [5.74, 6) is -3.64.